The van der Waals surface area contributed by atoms with Gasteiger partial charge >= 0.3 is 0 Å². The summed E-state index contributed by atoms with van der Waals surface area (Å²) in [6.45, 7) is 13.3. The fourth-order valence-corrected chi connectivity index (χ4v) is 3.92. The van der Waals surface area contributed by atoms with Crippen molar-refractivity contribution in [3.05, 3.63) is 47.5 Å². The van der Waals surface area contributed by atoms with Crippen LogP contribution in [0, 0.1) is 12.8 Å². The van der Waals surface area contributed by atoms with Crippen LogP contribution in [0.25, 0.3) is 0 Å². The summed E-state index contributed by atoms with van der Waals surface area (Å²) in [5.74, 6) is 0.486. The van der Waals surface area contributed by atoms with E-state index in [4.69, 9.17) is 14.2 Å². The molecular weight excluding hydrogens is 446 g/mol. The number of benzene rings is 2. The molecule has 0 unspecified atom stereocenters. The Morgan fingerprint density at radius 3 is 2.23 bits per heavy atom. The molecule has 8 heteroatoms. The molecule has 2 N–H and O–H groups in total. The molecule has 1 heterocycles. The second kappa shape index (κ2) is 12.4. The van der Waals surface area contributed by atoms with Gasteiger partial charge in [-0.2, -0.15) is 0 Å². The average Bonchev–Trinajstić information content (AvgIpc) is 2.84. The maximum absolute atomic E-state index is 13.3. The first-order valence-corrected chi connectivity index (χ1v) is 12.3. The van der Waals surface area contributed by atoms with Gasteiger partial charge < -0.3 is 29.7 Å². The lowest BCUT2D eigenvalue weighted by atomic mass is 10.0. The number of carbonyl (C=O) groups is 2. The van der Waals surface area contributed by atoms with Crippen molar-refractivity contribution in [3.63, 3.8) is 0 Å². The molecule has 0 aromatic heterocycles. The first-order chi connectivity index (χ1) is 16.8. The monoisotopic (exact) mass is 483 g/mol. The highest BCUT2D eigenvalue weighted by Gasteiger charge is 2.27. The van der Waals surface area contributed by atoms with Gasteiger partial charge in [-0.3, -0.25) is 9.59 Å². The van der Waals surface area contributed by atoms with E-state index in [0.717, 1.165) is 24.3 Å². The zero-order valence-electron chi connectivity index (χ0n) is 21.3. The molecular formula is C27H37N3O5. The minimum Gasteiger partial charge on any atom is -0.492 e. The molecule has 8 nitrogen and oxygen atoms in total. The van der Waals surface area contributed by atoms with Crippen molar-refractivity contribution in [1.29, 1.82) is 0 Å². The maximum atomic E-state index is 13.3. The molecule has 0 bridgehead atoms. The Labute approximate surface area is 207 Å². The smallest absolute Gasteiger partial charge is 0.251 e. The van der Waals surface area contributed by atoms with Crippen LogP contribution in [0.1, 0.15) is 43.6 Å². The van der Waals surface area contributed by atoms with Gasteiger partial charge in [0.15, 0.2) is 0 Å². The average molecular weight is 484 g/mol. The van der Waals surface area contributed by atoms with Crippen molar-refractivity contribution in [2.75, 3.05) is 49.7 Å². The first-order valence-electron chi connectivity index (χ1n) is 12.3. The van der Waals surface area contributed by atoms with E-state index in [9.17, 15) is 9.59 Å². The lowest BCUT2D eigenvalue weighted by molar-refractivity contribution is -0.118. The van der Waals surface area contributed by atoms with Gasteiger partial charge in [0.1, 0.15) is 17.5 Å². The van der Waals surface area contributed by atoms with Crippen LogP contribution in [0.15, 0.2) is 36.4 Å². The maximum Gasteiger partial charge on any atom is 0.251 e. The van der Waals surface area contributed by atoms with E-state index in [1.165, 1.54) is 0 Å². The van der Waals surface area contributed by atoms with Crippen molar-refractivity contribution in [2.24, 2.45) is 5.92 Å². The van der Waals surface area contributed by atoms with Crippen LogP contribution >= 0.6 is 0 Å². The Bertz CT molecular complexity index is 1000. The van der Waals surface area contributed by atoms with E-state index in [-0.39, 0.29) is 17.7 Å². The van der Waals surface area contributed by atoms with Gasteiger partial charge in [-0.1, -0.05) is 31.5 Å². The fraction of sp³-hybridized carbons (Fsp3) is 0.481. The van der Waals surface area contributed by atoms with Crippen LogP contribution in [-0.4, -0.2) is 57.4 Å². The zero-order chi connectivity index (χ0) is 25.4. The Morgan fingerprint density at radius 2 is 1.63 bits per heavy atom. The number of hydrogen-bond donors (Lipinski definition) is 2. The number of nitrogens with one attached hydrogen (secondary N) is 2. The van der Waals surface area contributed by atoms with Crippen molar-refractivity contribution < 1.29 is 23.8 Å². The van der Waals surface area contributed by atoms with E-state index >= 15 is 0 Å². The number of carbonyl (C=O) groups excluding carboxylic acids is 2. The van der Waals surface area contributed by atoms with Crippen molar-refractivity contribution in [1.82, 2.24) is 5.32 Å². The summed E-state index contributed by atoms with van der Waals surface area (Å²) in [6.07, 6.45) is 0. The fourth-order valence-electron chi connectivity index (χ4n) is 3.92. The summed E-state index contributed by atoms with van der Waals surface area (Å²) in [5.41, 5.74) is 2.99. The molecule has 1 aliphatic rings. The van der Waals surface area contributed by atoms with Crippen LogP contribution in [0.5, 0.6) is 11.5 Å². The third kappa shape index (κ3) is 6.88. The van der Waals surface area contributed by atoms with Crippen molar-refractivity contribution >= 4 is 23.2 Å². The number of anilines is 2. The summed E-state index contributed by atoms with van der Waals surface area (Å²) in [4.78, 5) is 28.3. The van der Waals surface area contributed by atoms with Crippen LogP contribution in [0.2, 0.25) is 0 Å². The number of rotatable bonds is 10. The summed E-state index contributed by atoms with van der Waals surface area (Å²) >= 11 is 0. The molecule has 0 radical (unpaired) electrons. The predicted octanol–water partition coefficient (Wildman–Crippen LogP) is 4.02. The molecule has 1 saturated heterocycles. The minimum absolute atomic E-state index is 0.126. The number of hydrogen-bond acceptors (Lipinski definition) is 6. The highest BCUT2D eigenvalue weighted by Crippen LogP contribution is 2.39. The second-order valence-corrected chi connectivity index (χ2v) is 8.83. The Balaban J connectivity index is 1.85. The van der Waals surface area contributed by atoms with E-state index in [1.54, 1.807) is 18.2 Å². The van der Waals surface area contributed by atoms with Gasteiger partial charge in [-0.25, -0.2) is 0 Å². The quantitative estimate of drug-likeness (QED) is 0.531. The molecule has 2 aromatic rings. The van der Waals surface area contributed by atoms with Gasteiger partial charge in [0.25, 0.3) is 5.91 Å². The van der Waals surface area contributed by atoms with Gasteiger partial charge in [-0.05, 0) is 38.8 Å². The van der Waals surface area contributed by atoms with E-state index in [2.05, 4.69) is 15.5 Å². The molecule has 0 aliphatic carbocycles. The molecule has 2 amide bonds. The summed E-state index contributed by atoms with van der Waals surface area (Å²) in [7, 11) is 0. The standard InChI is InChI=1S/C27H37N3O5/c1-6-34-23-17-22(30-12-14-33-15-13-30)24(35-7-2)16-21(23)28-27(32)25(18(3)4)29-26(31)20-10-8-19(5)9-11-20/h8-11,16-18,25H,6-7,12-15H2,1-5H3,(H,28,32)(H,29,31)/t25-/m0/s1. The highest BCUT2D eigenvalue weighted by molar-refractivity contribution is 6.02. The molecule has 1 aliphatic heterocycles. The summed E-state index contributed by atoms with van der Waals surface area (Å²) in [5, 5.41) is 5.85. The number of aryl methyl sites for hydroxylation is 1. The van der Waals surface area contributed by atoms with Crippen LogP contribution in [0.4, 0.5) is 11.4 Å². The molecule has 0 saturated carbocycles. The van der Waals surface area contributed by atoms with E-state index in [0.29, 0.717) is 49.2 Å². The number of morpholine rings is 1. The Kier molecular flexibility index (Phi) is 9.37. The number of ether oxygens (including phenoxy) is 3. The van der Waals surface area contributed by atoms with Crippen molar-refractivity contribution in [3.8, 4) is 11.5 Å². The lowest BCUT2D eigenvalue weighted by Crippen LogP contribution is -2.47. The van der Waals surface area contributed by atoms with E-state index < -0.39 is 6.04 Å². The molecule has 190 valence electrons. The lowest BCUT2D eigenvalue weighted by Gasteiger charge is -2.31. The molecule has 3 rings (SSSR count). The number of amides is 2. The molecule has 1 atom stereocenters. The van der Waals surface area contributed by atoms with Gasteiger partial charge in [0.2, 0.25) is 5.91 Å². The Hall–Kier alpha value is -3.26. The van der Waals surface area contributed by atoms with Gasteiger partial charge in [0, 0.05) is 30.8 Å². The molecule has 2 aromatic carbocycles. The number of nitrogens with zero attached hydrogens (tertiary/aromatic N) is 1. The van der Waals surface area contributed by atoms with Crippen LogP contribution < -0.4 is 25.0 Å². The largest absolute Gasteiger partial charge is 0.492 e. The molecule has 35 heavy (non-hydrogen) atoms. The molecule has 0 spiro atoms. The van der Waals surface area contributed by atoms with Gasteiger partial charge in [-0.15, -0.1) is 0 Å². The topological polar surface area (TPSA) is 89.1 Å². The third-order valence-corrected chi connectivity index (χ3v) is 5.82. The second-order valence-electron chi connectivity index (χ2n) is 8.83. The van der Waals surface area contributed by atoms with Crippen molar-refractivity contribution in [2.45, 2.75) is 40.7 Å². The van der Waals surface area contributed by atoms with Crippen LogP contribution in [-0.2, 0) is 9.53 Å². The summed E-state index contributed by atoms with van der Waals surface area (Å²) < 4.78 is 17.3. The SMILES string of the molecule is CCOc1cc(N2CCOCC2)c(OCC)cc1NC(=O)[C@@H](NC(=O)c1ccc(C)cc1)C(C)C. The first kappa shape index (κ1) is 26.3. The predicted molar refractivity (Wildman–Crippen MR) is 138 cm³/mol. The summed E-state index contributed by atoms with van der Waals surface area (Å²) in [6, 6.07) is 10.2. The normalized spacial score (nSPS) is 14.4. The molecule has 1 fully saturated rings. The zero-order valence-corrected chi connectivity index (χ0v) is 21.3. The van der Waals surface area contributed by atoms with E-state index in [1.807, 2.05) is 52.8 Å². The third-order valence-electron chi connectivity index (χ3n) is 5.82. The van der Waals surface area contributed by atoms with Gasteiger partial charge in [0.05, 0.1) is 37.8 Å². The Morgan fingerprint density at radius 1 is 1.00 bits per heavy atom. The highest BCUT2D eigenvalue weighted by atomic mass is 16.5. The van der Waals surface area contributed by atoms with Crippen LogP contribution in [0.3, 0.4) is 0 Å². The minimum atomic E-state index is -0.729.